The molecule has 0 aliphatic rings. The Bertz CT molecular complexity index is 706. The molecule has 1 unspecified atom stereocenters. The zero-order valence-corrected chi connectivity index (χ0v) is 13.8. The number of ether oxygens (including phenoxy) is 2. The van der Waals surface area contributed by atoms with Gasteiger partial charge in [-0.2, -0.15) is 0 Å². The van der Waals surface area contributed by atoms with Crippen molar-refractivity contribution in [1.82, 2.24) is 10.3 Å². The average molecular weight is 344 g/mol. The van der Waals surface area contributed by atoms with E-state index in [2.05, 4.69) is 10.3 Å². The molecule has 7 nitrogen and oxygen atoms in total. The van der Waals surface area contributed by atoms with Crippen LogP contribution in [-0.2, 0) is 9.53 Å². The number of nitrogens with zero attached hydrogens (tertiary/aromatic N) is 1. The fraction of sp³-hybridized carbons (Fsp3) is 0.278. The lowest BCUT2D eigenvalue weighted by atomic mass is 9.99. The van der Waals surface area contributed by atoms with E-state index in [1.807, 2.05) is 6.07 Å². The highest BCUT2D eigenvalue weighted by Gasteiger charge is 2.20. The van der Waals surface area contributed by atoms with E-state index < -0.39 is 11.9 Å². The Morgan fingerprint density at radius 3 is 2.64 bits per heavy atom. The maximum Gasteiger partial charge on any atom is 0.312 e. The highest BCUT2D eigenvalue weighted by Crippen LogP contribution is 2.15. The molecule has 25 heavy (non-hydrogen) atoms. The van der Waals surface area contributed by atoms with E-state index >= 15 is 0 Å². The van der Waals surface area contributed by atoms with Gasteiger partial charge in [-0.25, -0.2) is 4.98 Å². The monoisotopic (exact) mass is 344 g/mol. The summed E-state index contributed by atoms with van der Waals surface area (Å²) in [6.07, 6.45) is 1.46. The molecule has 2 rings (SSSR count). The van der Waals surface area contributed by atoms with Gasteiger partial charge in [-0.05, 0) is 11.6 Å². The topological polar surface area (TPSA) is 97.8 Å². The summed E-state index contributed by atoms with van der Waals surface area (Å²) in [4.78, 5) is 27.7. The number of carboxylic acid groups (broad SMARTS) is 1. The molecule has 0 fully saturated rings. The number of hydrogen-bond acceptors (Lipinski definition) is 5. The molecule has 0 saturated heterocycles. The Morgan fingerprint density at radius 1 is 1.20 bits per heavy atom. The number of pyridine rings is 1. The second kappa shape index (κ2) is 9.39. The van der Waals surface area contributed by atoms with Crippen LogP contribution in [0.4, 0.5) is 0 Å². The second-order valence-corrected chi connectivity index (χ2v) is 5.24. The van der Waals surface area contributed by atoms with Gasteiger partial charge in [0.2, 0.25) is 5.88 Å². The lowest BCUT2D eigenvalue weighted by Gasteiger charge is -2.14. The first-order valence-corrected chi connectivity index (χ1v) is 7.75. The Kier molecular flexibility index (Phi) is 6.91. The van der Waals surface area contributed by atoms with E-state index in [0.29, 0.717) is 30.2 Å². The van der Waals surface area contributed by atoms with E-state index in [0.717, 1.165) is 0 Å². The molecule has 0 bridgehead atoms. The van der Waals surface area contributed by atoms with Crippen LogP contribution >= 0.6 is 0 Å². The molecule has 1 amide bonds. The van der Waals surface area contributed by atoms with Gasteiger partial charge in [-0.3, -0.25) is 9.59 Å². The fourth-order valence-corrected chi connectivity index (χ4v) is 2.19. The number of carboxylic acids is 1. The number of amides is 1. The summed E-state index contributed by atoms with van der Waals surface area (Å²) in [7, 11) is 1.56. The Labute approximate surface area is 145 Å². The molecule has 1 heterocycles. The fourth-order valence-electron chi connectivity index (χ4n) is 2.19. The number of nitrogens with one attached hydrogen (secondary N) is 1. The summed E-state index contributed by atoms with van der Waals surface area (Å²) >= 11 is 0. The molecular formula is C18H20N2O5. The minimum atomic E-state index is -0.996. The SMILES string of the molecule is COCCOc1cc(C(=O)NCC(C(=O)O)c2ccccc2)ccn1. The van der Waals surface area contributed by atoms with Gasteiger partial charge in [0, 0.05) is 31.5 Å². The molecule has 0 spiro atoms. The lowest BCUT2D eigenvalue weighted by molar-refractivity contribution is -0.138. The largest absolute Gasteiger partial charge is 0.481 e. The van der Waals surface area contributed by atoms with Gasteiger partial charge in [0.1, 0.15) is 6.61 Å². The normalized spacial score (nSPS) is 11.6. The number of benzene rings is 1. The molecule has 0 aliphatic heterocycles. The standard InChI is InChI=1S/C18H20N2O5/c1-24-9-10-25-16-11-14(7-8-19-16)17(21)20-12-15(18(22)23)13-5-3-2-4-6-13/h2-8,11,15H,9-10,12H2,1H3,(H,20,21)(H,22,23). The van der Waals surface area contributed by atoms with Crippen molar-refractivity contribution in [3.63, 3.8) is 0 Å². The second-order valence-electron chi connectivity index (χ2n) is 5.24. The first-order chi connectivity index (χ1) is 12.1. The van der Waals surface area contributed by atoms with Crippen LogP contribution < -0.4 is 10.1 Å². The third kappa shape index (κ3) is 5.58. The smallest absolute Gasteiger partial charge is 0.312 e. The van der Waals surface area contributed by atoms with Crippen LogP contribution in [0.2, 0.25) is 0 Å². The lowest BCUT2D eigenvalue weighted by Crippen LogP contribution is -2.31. The maximum absolute atomic E-state index is 12.3. The van der Waals surface area contributed by atoms with Crippen LogP contribution in [0.3, 0.4) is 0 Å². The van der Waals surface area contributed by atoms with Crippen molar-refractivity contribution in [2.75, 3.05) is 26.9 Å². The molecular weight excluding hydrogens is 324 g/mol. The Morgan fingerprint density at radius 2 is 1.96 bits per heavy atom. The van der Waals surface area contributed by atoms with Crippen molar-refractivity contribution in [3.05, 3.63) is 59.8 Å². The predicted molar refractivity (Wildman–Crippen MR) is 90.8 cm³/mol. The third-order valence-electron chi connectivity index (χ3n) is 3.50. The first-order valence-electron chi connectivity index (χ1n) is 7.75. The zero-order valence-electron chi connectivity index (χ0n) is 13.8. The number of hydrogen-bond donors (Lipinski definition) is 2. The van der Waals surface area contributed by atoms with Gasteiger partial charge in [-0.15, -0.1) is 0 Å². The Hall–Kier alpha value is -2.93. The molecule has 1 aromatic carbocycles. The van der Waals surface area contributed by atoms with Crippen molar-refractivity contribution in [3.8, 4) is 5.88 Å². The highest BCUT2D eigenvalue weighted by atomic mass is 16.5. The van der Waals surface area contributed by atoms with Gasteiger partial charge in [0.15, 0.2) is 0 Å². The highest BCUT2D eigenvalue weighted by molar-refractivity contribution is 5.94. The Balaban J connectivity index is 1.99. The zero-order chi connectivity index (χ0) is 18.1. The molecule has 2 aromatic rings. The summed E-state index contributed by atoms with van der Waals surface area (Å²) < 4.78 is 10.2. The van der Waals surface area contributed by atoms with Gasteiger partial charge in [-0.1, -0.05) is 30.3 Å². The van der Waals surface area contributed by atoms with Gasteiger partial charge in [0.05, 0.1) is 12.5 Å². The van der Waals surface area contributed by atoms with Crippen LogP contribution in [0.5, 0.6) is 5.88 Å². The minimum absolute atomic E-state index is 0.0135. The quantitative estimate of drug-likeness (QED) is 0.672. The van der Waals surface area contributed by atoms with Crippen molar-refractivity contribution in [1.29, 1.82) is 0 Å². The summed E-state index contributed by atoms with van der Waals surface area (Å²) in [5, 5.41) is 12.0. The molecule has 0 aliphatic carbocycles. The third-order valence-corrected chi connectivity index (χ3v) is 3.50. The van der Waals surface area contributed by atoms with Crippen molar-refractivity contribution in [2.45, 2.75) is 5.92 Å². The molecule has 0 radical (unpaired) electrons. The maximum atomic E-state index is 12.3. The molecule has 7 heteroatoms. The van der Waals surface area contributed by atoms with Crippen LogP contribution in [0.15, 0.2) is 48.7 Å². The average Bonchev–Trinajstić information content (AvgIpc) is 2.63. The van der Waals surface area contributed by atoms with Crippen molar-refractivity contribution in [2.24, 2.45) is 0 Å². The molecule has 0 saturated carbocycles. The molecule has 1 aromatic heterocycles. The summed E-state index contributed by atoms with van der Waals surface area (Å²) in [6.45, 7) is 0.722. The summed E-state index contributed by atoms with van der Waals surface area (Å²) in [5.41, 5.74) is 0.980. The number of methoxy groups -OCH3 is 1. The van der Waals surface area contributed by atoms with Crippen LogP contribution in [-0.4, -0.2) is 48.8 Å². The first kappa shape index (κ1) is 18.4. The number of aliphatic carboxylic acids is 1. The van der Waals surface area contributed by atoms with E-state index in [9.17, 15) is 14.7 Å². The minimum Gasteiger partial charge on any atom is -0.481 e. The molecule has 1 atom stereocenters. The van der Waals surface area contributed by atoms with Gasteiger partial charge >= 0.3 is 5.97 Å². The molecule has 2 N–H and O–H groups in total. The number of carbonyl (C=O) groups excluding carboxylic acids is 1. The number of carbonyl (C=O) groups is 2. The molecule has 132 valence electrons. The predicted octanol–water partition coefficient (Wildman–Crippen LogP) is 1.70. The van der Waals surface area contributed by atoms with Crippen LogP contribution in [0.25, 0.3) is 0 Å². The summed E-state index contributed by atoms with van der Waals surface area (Å²) in [5.74, 6) is -1.89. The van der Waals surface area contributed by atoms with E-state index in [4.69, 9.17) is 9.47 Å². The van der Waals surface area contributed by atoms with Gasteiger partial charge < -0.3 is 19.9 Å². The van der Waals surface area contributed by atoms with Crippen molar-refractivity contribution >= 4 is 11.9 Å². The van der Waals surface area contributed by atoms with E-state index in [-0.39, 0.29) is 12.5 Å². The number of rotatable bonds is 9. The van der Waals surface area contributed by atoms with E-state index in [1.54, 1.807) is 31.4 Å². The van der Waals surface area contributed by atoms with E-state index in [1.165, 1.54) is 18.3 Å². The van der Waals surface area contributed by atoms with Gasteiger partial charge in [0.25, 0.3) is 5.91 Å². The number of aromatic nitrogens is 1. The van der Waals surface area contributed by atoms with Crippen LogP contribution in [0.1, 0.15) is 21.8 Å². The van der Waals surface area contributed by atoms with Crippen molar-refractivity contribution < 1.29 is 24.2 Å². The van der Waals surface area contributed by atoms with Crippen LogP contribution in [0, 0.1) is 0 Å². The summed E-state index contributed by atoms with van der Waals surface area (Å²) in [6, 6.07) is 11.8.